The maximum absolute atomic E-state index is 11.3. The number of H-pyrrole nitrogens is 1. The summed E-state index contributed by atoms with van der Waals surface area (Å²) in [5, 5.41) is 12.7. The molecule has 2 heterocycles. The average Bonchev–Trinajstić information content (AvgIpc) is 2.97. The number of aliphatic carboxylic acids is 1. The van der Waals surface area contributed by atoms with Crippen molar-refractivity contribution in [3.8, 4) is 0 Å². The molecule has 2 aromatic rings. The van der Waals surface area contributed by atoms with Crippen LogP contribution in [0.15, 0.2) is 23.5 Å². The highest BCUT2D eigenvalue weighted by Crippen LogP contribution is 2.34. The molecule has 0 bridgehead atoms. The van der Waals surface area contributed by atoms with Gasteiger partial charge >= 0.3 is 5.97 Å². The number of nitrogens with one attached hydrogen (secondary N) is 1. The third-order valence-electron chi connectivity index (χ3n) is 4.06. The van der Waals surface area contributed by atoms with Crippen LogP contribution in [-0.2, 0) is 16.0 Å². The molecule has 1 unspecified atom stereocenters. The van der Waals surface area contributed by atoms with Crippen LogP contribution in [0.5, 0.6) is 0 Å². The number of aromatic amines is 1. The zero-order chi connectivity index (χ0) is 16.4. The number of nitrogens with two attached hydrogens (primary N) is 1. The van der Waals surface area contributed by atoms with E-state index in [0.29, 0.717) is 24.2 Å². The van der Waals surface area contributed by atoms with Gasteiger partial charge in [-0.15, -0.1) is 4.91 Å². The first-order chi connectivity index (χ1) is 11.1. The summed E-state index contributed by atoms with van der Waals surface area (Å²) in [6.45, 7) is 2.79. The Bertz CT molecular complexity index is 736. The number of hydrogen-bond acceptors (Lipinski definition) is 6. The topological polar surface area (TPSA) is 121 Å². The predicted octanol–water partition coefficient (Wildman–Crippen LogP) is 1.36. The molecular weight excluding hydrogens is 300 g/mol. The van der Waals surface area contributed by atoms with Crippen LogP contribution in [0.1, 0.15) is 5.56 Å². The van der Waals surface area contributed by atoms with Crippen molar-refractivity contribution in [1.29, 1.82) is 0 Å². The van der Waals surface area contributed by atoms with Crippen LogP contribution in [0.2, 0.25) is 0 Å². The van der Waals surface area contributed by atoms with Crippen molar-refractivity contribution in [2.45, 2.75) is 12.5 Å². The molecule has 8 heteroatoms. The van der Waals surface area contributed by atoms with Gasteiger partial charge in [0.25, 0.3) is 0 Å². The molecule has 3 rings (SSSR count). The number of benzene rings is 1. The zero-order valence-corrected chi connectivity index (χ0v) is 12.5. The molecule has 0 amide bonds. The van der Waals surface area contributed by atoms with E-state index in [1.807, 2.05) is 6.07 Å². The van der Waals surface area contributed by atoms with Crippen molar-refractivity contribution < 1.29 is 14.6 Å². The van der Waals surface area contributed by atoms with Crippen molar-refractivity contribution in [3.63, 3.8) is 0 Å². The van der Waals surface area contributed by atoms with E-state index in [1.54, 1.807) is 12.3 Å². The maximum Gasteiger partial charge on any atom is 0.320 e. The molecule has 8 nitrogen and oxygen atoms in total. The summed E-state index contributed by atoms with van der Waals surface area (Å²) < 4.78 is 5.33. The Hall–Kier alpha value is -2.45. The van der Waals surface area contributed by atoms with Gasteiger partial charge in [0.1, 0.15) is 11.7 Å². The first-order valence-electron chi connectivity index (χ1n) is 7.38. The summed E-state index contributed by atoms with van der Waals surface area (Å²) in [5.41, 5.74) is 8.20. The van der Waals surface area contributed by atoms with E-state index < -0.39 is 12.0 Å². The summed E-state index contributed by atoms with van der Waals surface area (Å²) in [6.07, 6.45) is 1.82. The highest BCUT2D eigenvalue weighted by molar-refractivity contribution is 5.97. The van der Waals surface area contributed by atoms with Gasteiger partial charge in [-0.25, -0.2) is 0 Å². The minimum Gasteiger partial charge on any atom is -0.480 e. The Kier molecular flexibility index (Phi) is 4.26. The van der Waals surface area contributed by atoms with Gasteiger partial charge < -0.3 is 25.5 Å². The third kappa shape index (κ3) is 3.03. The fraction of sp³-hybridized carbons (Fsp3) is 0.400. The molecular formula is C15H18N4O4. The lowest BCUT2D eigenvalue weighted by Crippen LogP contribution is -2.36. The summed E-state index contributed by atoms with van der Waals surface area (Å²) >= 11 is 0. The molecule has 122 valence electrons. The quantitative estimate of drug-likeness (QED) is 0.716. The van der Waals surface area contributed by atoms with Crippen LogP contribution >= 0.6 is 0 Å². The van der Waals surface area contributed by atoms with Gasteiger partial charge in [-0.3, -0.25) is 4.79 Å². The number of anilines is 1. The minimum atomic E-state index is -1.08. The van der Waals surface area contributed by atoms with Gasteiger partial charge in [0, 0.05) is 36.8 Å². The van der Waals surface area contributed by atoms with Crippen LogP contribution in [0.3, 0.4) is 0 Å². The molecule has 0 radical (unpaired) electrons. The second-order valence-electron chi connectivity index (χ2n) is 5.54. The smallest absolute Gasteiger partial charge is 0.320 e. The van der Waals surface area contributed by atoms with Crippen molar-refractivity contribution in [2.24, 2.45) is 10.9 Å². The molecule has 1 fully saturated rings. The van der Waals surface area contributed by atoms with Gasteiger partial charge in [0.15, 0.2) is 0 Å². The third-order valence-corrected chi connectivity index (χ3v) is 4.06. The highest BCUT2D eigenvalue weighted by Gasteiger charge is 2.19. The molecule has 0 saturated carbocycles. The summed E-state index contributed by atoms with van der Waals surface area (Å²) in [5.74, 6) is -1.08. The summed E-state index contributed by atoms with van der Waals surface area (Å²) in [6, 6.07) is 2.64. The van der Waals surface area contributed by atoms with Crippen molar-refractivity contribution in [3.05, 3.63) is 28.8 Å². The van der Waals surface area contributed by atoms with Gasteiger partial charge in [-0.2, -0.15) is 0 Å². The molecule has 1 aromatic carbocycles. The van der Waals surface area contributed by atoms with Crippen LogP contribution in [0, 0.1) is 4.91 Å². The molecule has 1 saturated heterocycles. The number of carboxylic acid groups (broad SMARTS) is 1. The van der Waals surface area contributed by atoms with E-state index in [-0.39, 0.29) is 12.1 Å². The van der Waals surface area contributed by atoms with Gasteiger partial charge in [0.05, 0.1) is 18.7 Å². The molecule has 23 heavy (non-hydrogen) atoms. The first kappa shape index (κ1) is 15.4. The number of morpholine rings is 1. The monoisotopic (exact) mass is 318 g/mol. The van der Waals surface area contributed by atoms with Gasteiger partial charge in [-0.1, -0.05) is 0 Å². The van der Waals surface area contributed by atoms with E-state index in [9.17, 15) is 9.70 Å². The first-order valence-corrected chi connectivity index (χ1v) is 7.38. The predicted molar refractivity (Wildman–Crippen MR) is 86.1 cm³/mol. The number of hydrogen-bond donors (Lipinski definition) is 3. The standard InChI is InChI=1S/C15H18N4O4/c16-11(15(20)21)5-9-8-17-12-6-10(7-13(18-22)14(9)12)19-1-3-23-4-2-19/h6-8,11,17H,1-5,16H2,(H,20,21). The lowest BCUT2D eigenvalue weighted by molar-refractivity contribution is -0.138. The SMILES string of the molecule is NC(Cc1c[nH]c2cc(N3CCOCC3)cc(N=O)c12)C(=O)O. The van der Waals surface area contributed by atoms with Crippen LogP contribution in [0.25, 0.3) is 10.9 Å². The fourth-order valence-electron chi connectivity index (χ4n) is 2.86. The Morgan fingerprint density at radius 3 is 2.83 bits per heavy atom. The number of carbonyl (C=O) groups is 1. The molecule has 1 atom stereocenters. The van der Waals surface area contributed by atoms with Gasteiger partial charge in [0.2, 0.25) is 0 Å². The molecule has 1 aliphatic rings. The normalized spacial score (nSPS) is 16.5. The Morgan fingerprint density at radius 2 is 2.17 bits per heavy atom. The summed E-state index contributed by atoms with van der Waals surface area (Å²) in [4.78, 5) is 27.4. The van der Waals surface area contributed by atoms with Gasteiger partial charge in [-0.05, 0) is 22.9 Å². The van der Waals surface area contributed by atoms with Crippen molar-refractivity contribution in [2.75, 3.05) is 31.2 Å². The van der Waals surface area contributed by atoms with Crippen LogP contribution in [0.4, 0.5) is 11.4 Å². The zero-order valence-electron chi connectivity index (χ0n) is 12.5. The number of rotatable bonds is 5. The minimum absolute atomic E-state index is 0.134. The van der Waals surface area contributed by atoms with E-state index in [0.717, 1.165) is 24.3 Å². The Morgan fingerprint density at radius 1 is 1.43 bits per heavy atom. The lowest BCUT2D eigenvalue weighted by Gasteiger charge is -2.29. The number of nitrogens with zero attached hydrogens (tertiary/aromatic N) is 2. The largest absolute Gasteiger partial charge is 0.480 e. The van der Waals surface area contributed by atoms with Crippen molar-refractivity contribution >= 4 is 28.2 Å². The van der Waals surface area contributed by atoms with Crippen molar-refractivity contribution in [1.82, 2.24) is 4.98 Å². The summed E-state index contributed by atoms with van der Waals surface area (Å²) in [7, 11) is 0. The van der Waals surface area contributed by atoms with E-state index in [2.05, 4.69) is 15.1 Å². The number of fused-ring (bicyclic) bond motifs is 1. The molecule has 4 N–H and O–H groups in total. The highest BCUT2D eigenvalue weighted by atomic mass is 16.5. The fourth-order valence-corrected chi connectivity index (χ4v) is 2.86. The second-order valence-corrected chi connectivity index (χ2v) is 5.54. The van der Waals surface area contributed by atoms with E-state index in [1.165, 1.54) is 0 Å². The average molecular weight is 318 g/mol. The molecule has 0 spiro atoms. The number of ether oxygens (including phenoxy) is 1. The number of carboxylic acids is 1. The Labute approximate surface area is 132 Å². The van der Waals surface area contributed by atoms with Crippen LogP contribution < -0.4 is 10.6 Å². The Balaban J connectivity index is 2.00. The van der Waals surface area contributed by atoms with E-state index >= 15 is 0 Å². The number of aromatic nitrogens is 1. The molecule has 0 aliphatic carbocycles. The molecule has 1 aliphatic heterocycles. The number of nitroso groups, excluding NO2 is 1. The van der Waals surface area contributed by atoms with Crippen LogP contribution in [-0.4, -0.2) is 48.4 Å². The second kappa shape index (κ2) is 6.35. The lowest BCUT2D eigenvalue weighted by atomic mass is 10.0. The molecule has 1 aromatic heterocycles. The maximum atomic E-state index is 11.3. The van der Waals surface area contributed by atoms with E-state index in [4.69, 9.17) is 15.6 Å².